The number of rotatable bonds is 2. The molecule has 0 aliphatic carbocycles. The Morgan fingerprint density at radius 2 is 2.20 bits per heavy atom. The van der Waals surface area contributed by atoms with Crippen molar-refractivity contribution in [2.45, 2.75) is 0 Å². The predicted molar refractivity (Wildman–Crippen MR) is 58.6 cm³/mol. The van der Waals surface area contributed by atoms with Gasteiger partial charge in [0.05, 0.1) is 5.02 Å². The van der Waals surface area contributed by atoms with Gasteiger partial charge in [0.1, 0.15) is 17.0 Å². The molecule has 0 spiro atoms. The van der Waals surface area contributed by atoms with Crippen molar-refractivity contribution in [1.29, 1.82) is 0 Å². The summed E-state index contributed by atoms with van der Waals surface area (Å²) in [7, 11) is 1.75. The number of hydrogen-bond donors (Lipinski definition) is 0. The molecule has 1 aromatic carbocycles. The first-order chi connectivity index (χ1) is 7.18. The fourth-order valence-corrected chi connectivity index (χ4v) is 1.41. The van der Waals surface area contributed by atoms with Crippen molar-refractivity contribution >= 4 is 23.2 Å². The van der Waals surface area contributed by atoms with Crippen molar-refractivity contribution in [2.24, 2.45) is 7.05 Å². The van der Waals surface area contributed by atoms with Gasteiger partial charge in [-0.2, -0.15) is 5.10 Å². The Kier molecular flexibility index (Phi) is 2.84. The van der Waals surface area contributed by atoms with Crippen molar-refractivity contribution in [3.63, 3.8) is 0 Å². The lowest BCUT2D eigenvalue weighted by Gasteiger charge is -2.07. The van der Waals surface area contributed by atoms with E-state index in [0.717, 1.165) is 0 Å². The number of aryl methyl sites for hydroxylation is 1. The second-order valence-electron chi connectivity index (χ2n) is 2.89. The Labute approximate surface area is 97.2 Å². The van der Waals surface area contributed by atoms with E-state index in [1.165, 1.54) is 0 Å². The lowest BCUT2D eigenvalue weighted by atomic mass is 10.3. The Bertz CT molecular complexity index is 482. The third kappa shape index (κ3) is 2.08. The van der Waals surface area contributed by atoms with Crippen LogP contribution in [0.25, 0.3) is 0 Å². The lowest BCUT2D eigenvalue weighted by molar-refractivity contribution is 0.431. The average molecular weight is 242 g/mol. The molecule has 5 heteroatoms. The fourth-order valence-electron chi connectivity index (χ4n) is 1.08. The predicted octanol–water partition coefficient (Wildman–Crippen LogP) is 3.32. The zero-order valence-electron chi connectivity index (χ0n) is 7.87. The number of benzene rings is 1. The molecule has 0 saturated heterocycles. The summed E-state index contributed by atoms with van der Waals surface area (Å²) >= 11 is 11.8. The summed E-state index contributed by atoms with van der Waals surface area (Å²) in [5.41, 5.74) is 0. The summed E-state index contributed by atoms with van der Waals surface area (Å²) < 4.78 is 7.07. The van der Waals surface area contributed by atoms with Gasteiger partial charge in [-0.05, 0) is 12.1 Å². The van der Waals surface area contributed by atoms with Crippen molar-refractivity contribution in [2.75, 3.05) is 0 Å². The summed E-state index contributed by atoms with van der Waals surface area (Å²) in [6.07, 6.45) is 2.66. The van der Waals surface area contributed by atoms with E-state index in [1.807, 2.05) is 0 Å². The first kappa shape index (κ1) is 10.3. The Balaban J connectivity index is 2.33. The summed E-state index contributed by atoms with van der Waals surface area (Å²) in [5, 5.41) is 4.70. The van der Waals surface area contributed by atoms with Crippen LogP contribution >= 0.6 is 23.2 Å². The van der Waals surface area contributed by atoms with E-state index in [0.29, 0.717) is 21.7 Å². The van der Waals surface area contributed by atoms with Gasteiger partial charge in [-0.3, -0.25) is 0 Å². The van der Waals surface area contributed by atoms with E-state index < -0.39 is 0 Å². The molecule has 3 nitrogen and oxygen atoms in total. The highest BCUT2D eigenvalue weighted by Crippen LogP contribution is 2.34. The van der Waals surface area contributed by atoms with Crippen LogP contribution in [0.4, 0.5) is 0 Å². The van der Waals surface area contributed by atoms with E-state index in [-0.39, 0.29) is 0 Å². The topological polar surface area (TPSA) is 27.1 Å². The second kappa shape index (κ2) is 4.13. The minimum Gasteiger partial charge on any atom is -0.438 e. The van der Waals surface area contributed by atoms with E-state index in [2.05, 4.69) is 11.3 Å². The van der Waals surface area contributed by atoms with Gasteiger partial charge in [-0.25, -0.2) is 4.68 Å². The molecule has 0 fully saturated rings. The third-order valence-electron chi connectivity index (χ3n) is 1.85. The largest absolute Gasteiger partial charge is 0.438 e. The molecule has 1 aromatic heterocycles. The average Bonchev–Trinajstić information content (AvgIpc) is 2.60. The highest BCUT2D eigenvalue weighted by atomic mass is 35.5. The quantitative estimate of drug-likeness (QED) is 0.807. The summed E-state index contributed by atoms with van der Waals surface area (Å²) in [5.74, 6) is 1.06. The Morgan fingerprint density at radius 3 is 2.87 bits per heavy atom. The van der Waals surface area contributed by atoms with Crippen LogP contribution in [0.1, 0.15) is 0 Å². The smallest absolute Gasteiger partial charge is 0.218 e. The monoisotopic (exact) mass is 241 g/mol. The molecular formula is C10H7Cl2N2O. The third-order valence-corrected chi connectivity index (χ3v) is 2.65. The molecule has 0 aliphatic rings. The molecule has 15 heavy (non-hydrogen) atoms. The second-order valence-corrected chi connectivity index (χ2v) is 3.67. The van der Waals surface area contributed by atoms with E-state index in [4.69, 9.17) is 27.9 Å². The maximum Gasteiger partial charge on any atom is 0.218 e. The van der Waals surface area contributed by atoms with E-state index >= 15 is 0 Å². The summed E-state index contributed by atoms with van der Waals surface area (Å²) in [6.45, 7) is 0. The van der Waals surface area contributed by atoms with Crippen LogP contribution in [0, 0.1) is 6.20 Å². The van der Waals surface area contributed by atoms with Crippen LogP contribution in [-0.2, 0) is 7.05 Å². The lowest BCUT2D eigenvalue weighted by Crippen LogP contribution is -1.95. The van der Waals surface area contributed by atoms with Crippen molar-refractivity contribution in [3.8, 4) is 11.6 Å². The SMILES string of the molecule is Cn1n[c]cc1Oc1cccc(Cl)c1Cl. The number of ether oxygens (including phenoxy) is 1. The van der Waals surface area contributed by atoms with Crippen molar-refractivity contribution in [3.05, 3.63) is 40.5 Å². The standard InChI is InChI=1S/C10H7Cl2N2O/c1-14-9(5-6-13-14)15-8-4-2-3-7(11)10(8)12/h2-5H,1H3. The van der Waals surface area contributed by atoms with Gasteiger partial charge >= 0.3 is 0 Å². The van der Waals surface area contributed by atoms with Crippen LogP contribution < -0.4 is 4.74 Å². The molecule has 77 valence electrons. The Hall–Kier alpha value is -1.19. The zero-order valence-corrected chi connectivity index (χ0v) is 9.38. The van der Waals surface area contributed by atoms with Crippen LogP contribution in [0.2, 0.25) is 10.0 Å². The molecule has 0 bridgehead atoms. The van der Waals surface area contributed by atoms with Gasteiger partial charge in [0, 0.05) is 13.1 Å². The molecule has 1 heterocycles. The number of hydrogen-bond acceptors (Lipinski definition) is 2. The molecule has 0 saturated carbocycles. The number of nitrogens with zero attached hydrogens (tertiary/aromatic N) is 2. The molecule has 0 atom stereocenters. The summed E-state index contributed by atoms with van der Waals surface area (Å²) in [6, 6.07) is 6.83. The van der Waals surface area contributed by atoms with Crippen LogP contribution in [0.15, 0.2) is 24.3 Å². The van der Waals surface area contributed by atoms with Crippen molar-refractivity contribution in [1.82, 2.24) is 9.78 Å². The molecule has 0 amide bonds. The van der Waals surface area contributed by atoms with Crippen molar-refractivity contribution < 1.29 is 4.74 Å². The van der Waals surface area contributed by atoms with Gasteiger partial charge in [-0.1, -0.05) is 29.3 Å². The molecule has 0 aliphatic heterocycles. The minimum absolute atomic E-state index is 0.389. The van der Waals surface area contributed by atoms with E-state index in [9.17, 15) is 0 Å². The van der Waals surface area contributed by atoms with Gasteiger partial charge in [0.2, 0.25) is 5.88 Å². The molecule has 2 rings (SSSR count). The van der Waals surface area contributed by atoms with E-state index in [1.54, 1.807) is 36.0 Å². The maximum absolute atomic E-state index is 5.97. The zero-order chi connectivity index (χ0) is 10.8. The van der Waals surface area contributed by atoms with Gasteiger partial charge in [-0.15, -0.1) is 0 Å². The van der Waals surface area contributed by atoms with Gasteiger partial charge in [0.15, 0.2) is 0 Å². The first-order valence-corrected chi connectivity index (χ1v) is 4.96. The molecule has 0 unspecified atom stereocenters. The Morgan fingerprint density at radius 1 is 1.40 bits per heavy atom. The highest BCUT2D eigenvalue weighted by molar-refractivity contribution is 6.42. The molecule has 2 aromatic rings. The van der Waals surface area contributed by atoms with Gasteiger partial charge in [0.25, 0.3) is 0 Å². The summed E-state index contributed by atoms with van der Waals surface area (Å²) in [4.78, 5) is 0. The number of aromatic nitrogens is 2. The first-order valence-electron chi connectivity index (χ1n) is 4.20. The molecule has 1 radical (unpaired) electrons. The van der Waals surface area contributed by atoms with Crippen LogP contribution in [0.3, 0.4) is 0 Å². The van der Waals surface area contributed by atoms with Crippen LogP contribution in [0.5, 0.6) is 11.6 Å². The fraction of sp³-hybridized carbons (Fsp3) is 0.100. The van der Waals surface area contributed by atoms with Gasteiger partial charge < -0.3 is 4.74 Å². The minimum atomic E-state index is 0.389. The highest BCUT2D eigenvalue weighted by Gasteiger charge is 2.08. The van der Waals surface area contributed by atoms with Crippen LogP contribution in [-0.4, -0.2) is 9.78 Å². The number of halogens is 2. The maximum atomic E-state index is 5.97. The molecule has 0 N–H and O–H groups in total. The molecular weight excluding hydrogens is 235 g/mol. The normalized spacial score (nSPS) is 10.3.